The Balaban J connectivity index is 2.20. The quantitative estimate of drug-likeness (QED) is 0.831. The summed E-state index contributed by atoms with van der Waals surface area (Å²) in [6.07, 6.45) is 0.0791. The van der Waals surface area contributed by atoms with Crippen molar-refractivity contribution in [3.8, 4) is 11.4 Å². The number of rotatable bonds is 6. The molecule has 0 saturated carbocycles. The van der Waals surface area contributed by atoms with E-state index in [9.17, 15) is 9.59 Å². The topological polar surface area (TPSA) is 106 Å². The van der Waals surface area contributed by atoms with Crippen molar-refractivity contribution in [1.29, 1.82) is 0 Å². The standard InChI is InChI=1S/C16H20N4O4/c1-9(2)24-13-7-5-12(6-8-13)20-11(4)14(18-19-20)15(21)17-10(3)16(22)23/h5-10H,1-4H3,(H,17,21)(H,22,23)/t10-/m1/s1. The average Bonchev–Trinajstić information content (AvgIpc) is 2.89. The molecule has 1 aromatic carbocycles. The molecule has 0 saturated heterocycles. The van der Waals surface area contributed by atoms with Gasteiger partial charge >= 0.3 is 5.97 Å². The van der Waals surface area contributed by atoms with Crippen LogP contribution in [-0.4, -0.2) is 44.1 Å². The van der Waals surface area contributed by atoms with Crippen molar-refractivity contribution < 1.29 is 19.4 Å². The molecule has 0 aliphatic carbocycles. The summed E-state index contributed by atoms with van der Waals surface area (Å²) in [4.78, 5) is 22.9. The Morgan fingerprint density at radius 2 is 1.83 bits per heavy atom. The normalized spacial score (nSPS) is 12.0. The Morgan fingerprint density at radius 3 is 2.38 bits per heavy atom. The van der Waals surface area contributed by atoms with Gasteiger partial charge < -0.3 is 15.2 Å². The van der Waals surface area contributed by atoms with Crippen LogP contribution in [0.4, 0.5) is 0 Å². The number of aliphatic carboxylic acids is 1. The van der Waals surface area contributed by atoms with Gasteiger partial charge in [0.2, 0.25) is 0 Å². The first kappa shape index (κ1) is 17.5. The van der Waals surface area contributed by atoms with Gasteiger partial charge in [-0.3, -0.25) is 9.59 Å². The van der Waals surface area contributed by atoms with Gasteiger partial charge in [-0.2, -0.15) is 0 Å². The minimum atomic E-state index is -1.12. The summed E-state index contributed by atoms with van der Waals surface area (Å²) in [5.41, 5.74) is 1.33. The number of nitrogens with one attached hydrogen (secondary N) is 1. The fourth-order valence-corrected chi connectivity index (χ4v) is 2.05. The van der Waals surface area contributed by atoms with Gasteiger partial charge in [0.05, 0.1) is 17.5 Å². The van der Waals surface area contributed by atoms with Crippen LogP contribution in [-0.2, 0) is 4.79 Å². The highest BCUT2D eigenvalue weighted by atomic mass is 16.5. The van der Waals surface area contributed by atoms with E-state index < -0.39 is 17.9 Å². The van der Waals surface area contributed by atoms with Crippen molar-refractivity contribution >= 4 is 11.9 Å². The van der Waals surface area contributed by atoms with Crippen molar-refractivity contribution in [3.63, 3.8) is 0 Å². The molecule has 0 bridgehead atoms. The molecule has 0 fully saturated rings. The lowest BCUT2D eigenvalue weighted by Gasteiger charge is -2.10. The van der Waals surface area contributed by atoms with Gasteiger partial charge in [-0.1, -0.05) is 5.21 Å². The number of nitrogens with zero attached hydrogens (tertiary/aromatic N) is 3. The third kappa shape index (κ3) is 3.89. The number of hydrogen-bond acceptors (Lipinski definition) is 5. The molecule has 0 aliphatic heterocycles. The number of ether oxygens (including phenoxy) is 1. The summed E-state index contributed by atoms with van der Waals surface area (Å²) in [6.45, 7) is 6.96. The number of aromatic nitrogens is 3. The first-order valence-electron chi connectivity index (χ1n) is 7.52. The summed E-state index contributed by atoms with van der Waals surface area (Å²) < 4.78 is 7.09. The number of hydrogen-bond donors (Lipinski definition) is 2. The molecular weight excluding hydrogens is 312 g/mol. The van der Waals surface area contributed by atoms with Crippen LogP contribution in [0.1, 0.15) is 37.0 Å². The smallest absolute Gasteiger partial charge is 0.325 e. The van der Waals surface area contributed by atoms with E-state index in [2.05, 4.69) is 15.6 Å². The molecule has 0 unspecified atom stereocenters. The van der Waals surface area contributed by atoms with E-state index in [0.29, 0.717) is 5.69 Å². The van der Waals surface area contributed by atoms with E-state index in [1.165, 1.54) is 11.6 Å². The molecule has 2 aromatic rings. The van der Waals surface area contributed by atoms with Crippen LogP contribution in [0.5, 0.6) is 5.75 Å². The molecular formula is C16H20N4O4. The van der Waals surface area contributed by atoms with E-state index in [1.54, 1.807) is 19.1 Å². The molecule has 1 atom stereocenters. The number of carbonyl (C=O) groups excluding carboxylic acids is 1. The Morgan fingerprint density at radius 1 is 1.21 bits per heavy atom. The van der Waals surface area contributed by atoms with Gasteiger partial charge in [0.15, 0.2) is 5.69 Å². The Labute approximate surface area is 139 Å². The van der Waals surface area contributed by atoms with Crippen LogP contribution in [0.2, 0.25) is 0 Å². The lowest BCUT2D eigenvalue weighted by Crippen LogP contribution is -2.38. The third-order valence-corrected chi connectivity index (χ3v) is 3.28. The second-order valence-electron chi connectivity index (χ2n) is 5.63. The zero-order valence-electron chi connectivity index (χ0n) is 14.0. The number of carboxylic acids is 1. The van der Waals surface area contributed by atoms with Crippen LogP contribution in [0.3, 0.4) is 0 Å². The van der Waals surface area contributed by atoms with Crippen LogP contribution in [0.25, 0.3) is 5.69 Å². The zero-order chi connectivity index (χ0) is 17.9. The molecule has 1 heterocycles. The van der Waals surface area contributed by atoms with E-state index in [0.717, 1.165) is 11.4 Å². The van der Waals surface area contributed by atoms with E-state index in [-0.39, 0.29) is 11.8 Å². The summed E-state index contributed by atoms with van der Waals surface area (Å²) in [7, 11) is 0. The van der Waals surface area contributed by atoms with Crippen molar-refractivity contribution in [1.82, 2.24) is 20.3 Å². The van der Waals surface area contributed by atoms with E-state index in [4.69, 9.17) is 9.84 Å². The molecule has 0 aliphatic rings. The minimum absolute atomic E-state index is 0.0791. The lowest BCUT2D eigenvalue weighted by atomic mass is 10.2. The number of benzene rings is 1. The molecule has 24 heavy (non-hydrogen) atoms. The number of carbonyl (C=O) groups is 2. The number of carboxylic acid groups (broad SMARTS) is 1. The maximum Gasteiger partial charge on any atom is 0.325 e. The molecule has 1 amide bonds. The van der Waals surface area contributed by atoms with Crippen molar-refractivity contribution in [2.45, 2.75) is 39.8 Å². The van der Waals surface area contributed by atoms with Crippen molar-refractivity contribution in [3.05, 3.63) is 35.7 Å². The van der Waals surface area contributed by atoms with Gasteiger partial charge in [-0.25, -0.2) is 4.68 Å². The molecule has 0 spiro atoms. The van der Waals surface area contributed by atoms with Crippen LogP contribution < -0.4 is 10.1 Å². The van der Waals surface area contributed by atoms with Crippen molar-refractivity contribution in [2.75, 3.05) is 0 Å². The molecule has 0 radical (unpaired) electrons. The third-order valence-electron chi connectivity index (χ3n) is 3.28. The molecule has 1 aromatic heterocycles. The highest BCUT2D eigenvalue weighted by Crippen LogP contribution is 2.18. The molecule has 2 N–H and O–H groups in total. The van der Waals surface area contributed by atoms with Gasteiger partial charge in [-0.15, -0.1) is 5.10 Å². The van der Waals surface area contributed by atoms with Gasteiger partial charge in [0.25, 0.3) is 5.91 Å². The van der Waals surface area contributed by atoms with Crippen LogP contribution in [0.15, 0.2) is 24.3 Å². The fourth-order valence-electron chi connectivity index (χ4n) is 2.05. The maximum atomic E-state index is 12.1. The fraction of sp³-hybridized carbons (Fsp3) is 0.375. The minimum Gasteiger partial charge on any atom is -0.491 e. The SMILES string of the molecule is Cc1c(C(=O)N[C@H](C)C(=O)O)nnn1-c1ccc(OC(C)C)cc1. The summed E-state index contributed by atoms with van der Waals surface area (Å²) >= 11 is 0. The Bertz CT molecular complexity index is 737. The summed E-state index contributed by atoms with van der Waals surface area (Å²) in [5.74, 6) is -0.956. The zero-order valence-corrected chi connectivity index (χ0v) is 14.0. The predicted molar refractivity (Wildman–Crippen MR) is 86.4 cm³/mol. The second kappa shape index (κ2) is 7.12. The van der Waals surface area contributed by atoms with Crippen LogP contribution >= 0.6 is 0 Å². The van der Waals surface area contributed by atoms with Gasteiger partial charge in [-0.05, 0) is 52.0 Å². The maximum absolute atomic E-state index is 12.1. The highest BCUT2D eigenvalue weighted by molar-refractivity contribution is 5.95. The Kier molecular flexibility index (Phi) is 5.18. The Hall–Kier alpha value is -2.90. The van der Waals surface area contributed by atoms with Gasteiger partial charge in [0.1, 0.15) is 11.8 Å². The lowest BCUT2D eigenvalue weighted by molar-refractivity contribution is -0.138. The predicted octanol–water partition coefficient (Wildman–Crippen LogP) is 1.57. The van der Waals surface area contributed by atoms with E-state index >= 15 is 0 Å². The molecule has 2 rings (SSSR count). The second-order valence-corrected chi connectivity index (χ2v) is 5.63. The monoisotopic (exact) mass is 332 g/mol. The number of amides is 1. The first-order valence-corrected chi connectivity index (χ1v) is 7.52. The largest absolute Gasteiger partial charge is 0.491 e. The molecule has 128 valence electrons. The first-order chi connectivity index (χ1) is 11.3. The van der Waals surface area contributed by atoms with E-state index in [1.807, 2.05) is 26.0 Å². The molecule has 8 heteroatoms. The highest BCUT2D eigenvalue weighted by Gasteiger charge is 2.21. The summed E-state index contributed by atoms with van der Waals surface area (Å²) in [6, 6.07) is 6.22. The van der Waals surface area contributed by atoms with Gasteiger partial charge in [0, 0.05) is 0 Å². The molecule has 8 nitrogen and oxygen atoms in total. The summed E-state index contributed by atoms with van der Waals surface area (Å²) in [5, 5.41) is 19.0. The average molecular weight is 332 g/mol. The van der Waals surface area contributed by atoms with Crippen molar-refractivity contribution in [2.24, 2.45) is 0 Å². The van der Waals surface area contributed by atoms with Crippen LogP contribution in [0, 0.1) is 6.92 Å².